The number of sulfonamides is 1. The summed E-state index contributed by atoms with van der Waals surface area (Å²) >= 11 is 0. The first-order valence-corrected chi connectivity index (χ1v) is 8.73. The van der Waals surface area contributed by atoms with Crippen molar-refractivity contribution in [2.24, 2.45) is 0 Å². The summed E-state index contributed by atoms with van der Waals surface area (Å²) in [5.41, 5.74) is -0.504. The molecule has 2 rings (SSSR count). The first-order chi connectivity index (χ1) is 11.4. The van der Waals surface area contributed by atoms with E-state index in [2.05, 4.69) is 15.4 Å². The van der Waals surface area contributed by atoms with Crippen molar-refractivity contribution in [1.82, 2.24) is 15.4 Å². The largest absolute Gasteiger partial charge is 0.366 e. The molecule has 1 atom stereocenters. The summed E-state index contributed by atoms with van der Waals surface area (Å²) < 4.78 is 31.8. The summed E-state index contributed by atoms with van der Waals surface area (Å²) in [6.07, 6.45) is -0.606. The fraction of sp³-hybridized carbons (Fsp3) is 0.462. The average Bonchev–Trinajstić information content (AvgIpc) is 2.59. The van der Waals surface area contributed by atoms with Crippen molar-refractivity contribution in [3.05, 3.63) is 34.4 Å². The number of rotatable bonds is 7. The van der Waals surface area contributed by atoms with E-state index in [1.165, 1.54) is 12.1 Å². The lowest BCUT2D eigenvalue weighted by Crippen LogP contribution is -2.49. The van der Waals surface area contributed by atoms with Gasteiger partial charge in [0.15, 0.2) is 4.90 Å². The van der Waals surface area contributed by atoms with Crippen LogP contribution in [-0.2, 0) is 19.6 Å². The van der Waals surface area contributed by atoms with Gasteiger partial charge in [-0.05, 0) is 6.07 Å². The van der Waals surface area contributed by atoms with E-state index in [0.717, 1.165) is 12.1 Å². The van der Waals surface area contributed by atoms with E-state index in [1.54, 1.807) is 0 Å². The molecule has 25 heavy (non-hydrogen) atoms. The Morgan fingerprint density at radius 2 is 2.08 bits per heavy atom. The van der Waals surface area contributed by atoms with Crippen molar-refractivity contribution in [3.8, 4) is 0 Å². The lowest BCUT2D eigenvalue weighted by atomic mass is 10.3. The van der Waals surface area contributed by atoms with Crippen LogP contribution in [0.25, 0.3) is 0 Å². The molecule has 1 aromatic rings. The maximum absolute atomic E-state index is 12.1. The molecule has 0 aromatic heterocycles. The van der Waals surface area contributed by atoms with Gasteiger partial charge in [-0.25, -0.2) is 13.1 Å². The highest BCUT2D eigenvalue weighted by Crippen LogP contribution is 2.22. The molecule has 1 aliphatic rings. The van der Waals surface area contributed by atoms with Crippen molar-refractivity contribution in [3.63, 3.8) is 0 Å². The summed E-state index contributed by atoms with van der Waals surface area (Å²) in [7, 11) is -4.05. The normalized spacial score (nSPS) is 17.4. The third-order valence-corrected chi connectivity index (χ3v) is 4.80. The van der Waals surface area contributed by atoms with Gasteiger partial charge in [-0.2, -0.15) is 0 Å². The highest BCUT2D eigenvalue weighted by Gasteiger charge is 2.25. The van der Waals surface area contributed by atoms with Gasteiger partial charge in [0.1, 0.15) is 6.10 Å². The Hall–Kier alpha value is -1.79. The molecule has 0 spiro atoms. The SMILES string of the molecule is Cl.O=C(NCCNS(=O)(=O)c1ccccc1[N+](=O)[O-])C1CNCCO1. The zero-order valence-electron chi connectivity index (χ0n) is 13.1. The van der Waals surface area contributed by atoms with Crippen LogP contribution in [0.15, 0.2) is 29.2 Å². The van der Waals surface area contributed by atoms with Crippen molar-refractivity contribution >= 4 is 34.0 Å². The Morgan fingerprint density at radius 3 is 2.72 bits per heavy atom. The molecular weight excluding hydrogens is 376 g/mol. The van der Waals surface area contributed by atoms with Gasteiger partial charge >= 0.3 is 0 Å². The lowest BCUT2D eigenvalue weighted by Gasteiger charge is -2.22. The molecule has 1 aliphatic heterocycles. The summed E-state index contributed by atoms with van der Waals surface area (Å²) in [5, 5.41) is 16.5. The predicted molar refractivity (Wildman–Crippen MR) is 91.2 cm³/mol. The number of hydrogen-bond donors (Lipinski definition) is 3. The fourth-order valence-corrected chi connectivity index (χ4v) is 3.33. The van der Waals surface area contributed by atoms with Crippen molar-refractivity contribution in [2.75, 3.05) is 32.8 Å². The first-order valence-electron chi connectivity index (χ1n) is 7.25. The number of hydrogen-bond acceptors (Lipinski definition) is 7. The van der Waals surface area contributed by atoms with Gasteiger partial charge in [0.25, 0.3) is 11.6 Å². The molecule has 0 radical (unpaired) electrons. The molecule has 1 amide bonds. The Bertz CT molecular complexity index is 708. The van der Waals surface area contributed by atoms with E-state index in [-0.39, 0.29) is 31.4 Å². The van der Waals surface area contributed by atoms with Gasteiger partial charge in [-0.3, -0.25) is 14.9 Å². The van der Waals surface area contributed by atoms with E-state index in [9.17, 15) is 23.3 Å². The average molecular weight is 395 g/mol. The molecule has 1 saturated heterocycles. The van der Waals surface area contributed by atoms with Crippen LogP contribution in [0.5, 0.6) is 0 Å². The third kappa shape index (κ3) is 5.90. The molecular formula is C13H19ClN4O6S. The second-order valence-electron chi connectivity index (χ2n) is 4.98. The summed E-state index contributed by atoms with van der Waals surface area (Å²) in [4.78, 5) is 21.5. The minimum absolute atomic E-state index is 0. The van der Waals surface area contributed by atoms with Gasteiger partial charge in [-0.15, -0.1) is 12.4 Å². The molecule has 1 aromatic carbocycles. The van der Waals surface area contributed by atoms with E-state index in [4.69, 9.17) is 4.74 Å². The minimum atomic E-state index is -4.05. The zero-order valence-corrected chi connectivity index (χ0v) is 14.8. The van der Waals surface area contributed by atoms with Crippen molar-refractivity contribution in [2.45, 2.75) is 11.0 Å². The van der Waals surface area contributed by atoms with Crippen LogP contribution in [0, 0.1) is 10.1 Å². The molecule has 3 N–H and O–H groups in total. The van der Waals surface area contributed by atoms with Gasteiger partial charge in [0.2, 0.25) is 10.0 Å². The third-order valence-electron chi connectivity index (χ3n) is 3.29. The molecule has 10 nitrogen and oxygen atoms in total. The quantitative estimate of drug-likeness (QED) is 0.318. The van der Waals surface area contributed by atoms with E-state index < -0.39 is 31.6 Å². The number of benzene rings is 1. The zero-order chi connectivity index (χ0) is 17.6. The van der Waals surface area contributed by atoms with Gasteiger partial charge in [0, 0.05) is 32.2 Å². The molecule has 1 unspecified atom stereocenters. The number of amides is 1. The first kappa shape index (κ1) is 21.3. The van der Waals surface area contributed by atoms with Crippen LogP contribution in [-0.4, -0.2) is 58.1 Å². The predicted octanol–water partition coefficient (Wildman–Crippen LogP) is -0.600. The number of carbonyl (C=O) groups excluding carboxylic acids is 1. The van der Waals surface area contributed by atoms with E-state index in [0.29, 0.717) is 19.7 Å². The molecule has 0 saturated carbocycles. The number of morpholine rings is 1. The minimum Gasteiger partial charge on any atom is -0.366 e. The molecule has 140 valence electrons. The highest BCUT2D eigenvalue weighted by atomic mass is 35.5. The molecule has 1 heterocycles. The van der Waals surface area contributed by atoms with E-state index >= 15 is 0 Å². The Morgan fingerprint density at radius 1 is 1.36 bits per heavy atom. The number of para-hydroxylation sites is 1. The monoisotopic (exact) mass is 394 g/mol. The van der Waals surface area contributed by atoms with Crippen molar-refractivity contribution in [1.29, 1.82) is 0 Å². The second kappa shape index (κ2) is 9.63. The van der Waals surface area contributed by atoms with Gasteiger partial charge in [-0.1, -0.05) is 12.1 Å². The molecule has 0 bridgehead atoms. The van der Waals surface area contributed by atoms with Crippen LogP contribution >= 0.6 is 12.4 Å². The van der Waals surface area contributed by atoms with Gasteiger partial charge in [0.05, 0.1) is 11.5 Å². The number of ether oxygens (including phenoxy) is 1. The topological polar surface area (TPSA) is 140 Å². The number of nitro benzene ring substituents is 1. The van der Waals surface area contributed by atoms with E-state index in [1.807, 2.05) is 0 Å². The smallest absolute Gasteiger partial charge is 0.289 e. The number of nitrogens with one attached hydrogen (secondary N) is 3. The number of carbonyl (C=O) groups is 1. The molecule has 0 aliphatic carbocycles. The van der Waals surface area contributed by atoms with Crippen LogP contribution < -0.4 is 15.4 Å². The number of nitro groups is 1. The molecule has 1 fully saturated rings. The Kier molecular flexibility index (Phi) is 8.19. The maximum atomic E-state index is 12.1. The fourth-order valence-electron chi connectivity index (χ4n) is 2.13. The summed E-state index contributed by atoms with van der Waals surface area (Å²) in [5.74, 6) is -0.341. The summed E-state index contributed by atoms with van der Waals surface area (Å²) in [6, 6.07) is 5.05. The second-order valence-corrected chi connectivity index (χ2v) is 6.71. The van der Waals surface area contributed by atoms with Crippen LogP contribution in [0.1, 0.15) is 0 Å². The Labute approximate surface area is 150 Å². The van der Waals surface area contributed by atoms with Crippen LogP contribution in [0.4, 0.5) is 5.69 Å². The van der Waals surface area contributed by atoms with Crippen LogP contribution in [0.2, 0.25) is 0 Å². The lowest BCUT2D eigenvalue weighted by molar-refractivity contribution is -0.387. The maximum Gasteiger partial charge on any atom is 0.289 e. The van der Waals surface area contributed by atoms with Gasteiger partial charge < -0.3 is 15.4 Å². The molecule has 12 heteroatoms. The Balaban J connectivity index is 0.00000312. The highest BCUT2D eigenvalue weighted by molar-refractivity contribution is 7.89. The number of nitrogens with zero attached hydrogens (tertiary/aromatic N) is 1. The standard InChI is InChI=1S/C13H18N4O6S.ClH/c18-13(11-9-14-7-8-23-11)15-5-6-16-24(21,22)12-4-2-1-3-10(12)17(19)20;/h1-4,11,14,16H,5-9H2,(H,15,18);1H. The van der Waals surface area contributed by atoms with Crippen molar-refractivity contribution < 1.29 is 22.9 Å². The number of halogens is 1. The van der Waals surface area contributed by atoms with Crippen LogP contribution in [0.3, 0.4) is 0 Å². The summed E-state index contributed by atoms with van der Waals surface area (Å²) in [6.45, 7) is 1.45.